The van der Waals surface area contributed by atoms with Gasteiger partial charge in [-0.2, -0.15) is 0 Å². The van der Waals surface area contributed by atoms with Crippen LogP contribution in [-0.4, -0.2) is 50.0 Å². The Hall–Kier alpha value is -2.70. The van der Waals surface area contributed by atoms with Crippen LogP contribution in [0.3, 0.4) is 0 Å². The number of hydrogen-bond acceptors (Lipinski definition) is 5. The predicted molar refractivity (Wildman–Crippen MR) is 130 cm³/mol. The Morgan fingerprint density at radius 2 is 1.91 bits per heavy atom. The number of rotatable bonds is 10. The molecular weight excluding hydrogens is 400 g/mol. The van der Waals surface area contributed by atoms with Gasteiger partial charge >= 0.3 is 5.97 Å². The molecule has 1 saturated heterocycles. The van der Waals surface area contributed by atoms with Crippen molar-refractivity contribution < 1.29 is 9.53 Å². The molecule has 0 aromatic heterocycles. The van der Waals surface area contributed by atoms with E-state index in [2.05, 4.69) is 23.2 Å². The van der Waals surface area contributed by atoms with Gasteiger partial charge < -0.3 is 15.8 Å². The van der Waals surface area contributed by atoms with Gasteiger partial charge in [0.2, 0.25) is 0 Å². The largest absolute Gasteiger partial charge is 0.465 e. The Labute approximate surface area is 191 Å². The topological polar surface area (TPSA) is 91.4 Å². The fourth-order valence-electron chi connectivity index (χ4n) is 4.36. The summed E-state index contributed by atoms with van der Waals surface area (Å²) in [7, 11) is 1.41. The molecule has 2 aromatic carbocycles. The summed E-state index contributed by atoms with van der Waals surface area (Å²) in [6, 6.07) is 13.5. The Balaban J connectivity index is 1.90. The number of nitrogen functional groups attached to an aromatic ring is 1. The summed E-state index contributed by atoms with van der Waals surface area (Å²) >= 11 is 0. The molecule has 6 heteroatoms. The minimum atomic E-state index is -0.339. The SMILES string of the molecule is CCCCN(Cc1cc(C(=O)OC)cc(-c2cccc(C(=N)N)c2)c1)CC1CCNCC1. The lowest BCUT2D eigenvalue weighted by atomic mass is 9.96. The Kier molecular flexibility index (Phi) is 8.82. The van der Waals surface area contributed by atoms with Gasteiger partial charge in [-0.15, -0.1) is 0 Å². The molecule has 0 radical (unpaired) electrons. The van der Waals surface area contributed by atoms with Gasteiger partial charge in [0.1, 0.15) is 5.84 Å². The molecule has 3 rings (SSSR count). The van der Waals surface area contributed by atoms with E-state index in [9.17, 15) is 4.79 Å². The predicted octanol–water partition coefficient (Wildman–Crippen LogP) is 4.03. The zero-order chi connectivity index (χ0) is 22.9. The molecule has 1 aliphatic rings. The van der Waals surface area contributed by atoms with Gasteiger partial charge in [0.05, 0.1) is 12.7 Å². The van der Waals surface area contributed by atoms with E-state index >= 15 is 0 Å². The highest BCUT2D eigenvalue weighted by Gasteiger charge is 2.18. The molecule has 0 atom stereocenters. The molecule has 0 amide bonds. The fourth-order valence-corrected chi connectivity index (χ4v) is 4.36. The van der Waals surface area contributed by atoms with Crippen molar-refractivity contribution in [2.24, 2.45) is 11.7 Å². The average molecular weight is 437 g/mol. The second-order valence-corrected chi connectivity index (χ2v) is 8.69. The maximum absolute atomic E-state index is 12.4. The first-order valence-corrected chi connectivity index (χ1v) is 11.6. The van der Waals surface area contributed by atoms with Gasteiger partial charge in [0.25, 0.3) is 0 Å². The van der Waals surface area contributed by atoms with E-state index in [4.69, 9.17) is 15.9 Å². The third-order valence-electron chi connectivity index (χ3n) is 6.13. The van der Waals surface area contributed by atoms with E-state index in [1.807, 2.05) is 36.4 Å². The number of amidine groups is 1. The normalized spacial score (nSPS) is 14.5. The van der Waals surface area contributed by atoms with Gasteiger partial charge in [-0.1, -0.05) is 31.5 Å². The number of esters is 1. The molecule has 0 spiro atoms. The van der Waals surface area contributed by atoms with Crippen LogP contribution in [0, 0.1) is 11.3 Å². The van der Waals surface area contributed by atoms with Gasteiger partial charge in [0, 0.05) is 18.7 Å². The molecule has 4 N–H and O–H groups in total. The molecule has 0 saturated carbocycles. The Morgan fingerprint density at radius 3 is 2.59 bits per heavy atom. The third kappa shape index (κ3) is 6.65. The van der Waals surface area contributed by atoms with Crippen LogP contribution in [0.2, 0.25) is 0 Å². The standard InChI is InChI=1S/C26H36N4O2/c1-3-4-12-30(17-19-8-10-29-11-9-19)18-20-13-23(16-24(14-20)26(31)32-2)21-6-5-7-22(15-21)25(27)28/h5-7,13-16,19,29H,3-4,8-12,17-18H2,1-2H3,(H3,27,28). The summed E-state index contributed by atoms with van der Waals surface area (Å²) in [5.74, 6) is 0.404. The average Bonchev–Trinajstić information content (AvgIpc) is 2.82. The van der Waals surface area contributed by atoms with Crippen LogP contribution in [0.5, 0.6) is 0 Å². The zero-order valence-electron chi connectivity index (χ0n) is 19.3. The Bertz CT molecular complexity index is 922. The minimum Gasteiger partial charge on any atom is -0.465 e. The smallest absolute Gasteiger partial charge is 0.337 e. The van der Waals surface area contributed by atoms with Crippen molar-refractivity contribution in [3.05, 3.63) is 59.2 Å². The molecule has 0 aliphatic carbocycles. The van der Waals surface area contributed by atoms with Crippen LogP contribution in [0.15, 0.2) is 42.5 Å². The van der Waals surface area contributed by atoms with Crippen molar-refractivity contribution >= 4 is 11.8 Å². The van der Waals surface area contributed by atoms with Crippen LogP contribution < -0.4 is 11.1 Å². The number of nitrogens with zero attached hydrogens (tertiary/aromatic N) is 1. The van der Waals surface area contributed by atoms with Crippen LogP contribution in [-0.2, 0) is 11.3 Å². The molecule has 1 aliphatic heterocycles. The molecule has 2 aromatic rings. The lowest BCUT2D eigenvalue weighted by Crippen LogP contribution is -2.36. The number of benzene rings is 2. The number of nitrogens with one attached hydrogen (secondary N) is 2. The second-order valence-electron chi connectivity index (χ2n) is 8.69. The van der Waals surface area contributed by atoms with Gasteiger partial charge in [-0.3, -0.25) is 10.3 Å². The summed E-state index contributed by atoms with van der Waals surface area (Å²) < 4.78 is 5.02. The molecule has 1 fully saturated rings. The molecule has 0 unspecified atom stereocenters. The number of ether oxygens (including phenoxy) is 1. The maximum Gasteiger partial charge on any atom is 0.337 e. The van der Waals surface area contributed by atoms with E-state index < -0.39 is 0 Å². The van der Waals surface area contributed by atoms with Crippen molar-refractivity contribution in [1.29, 1.82) is 5.41 Å². The molecule has 172 valence electrons. The molecule has 32 heavy (non-hydrogen) atoms. The van der Waals surface area contributed by atoms with Crippen molar-refractivity contribution in [3.63, 3.8) is 0 Å². The first-order valence-electron chi connectivity index (χ1n) is 11.6. The molecular formula is C26H36N4O2. The maximum atomic E-state index is 12.4. The first kappa shape index (κ1) is 24.0. The molecule has 6 nitrogen and oxygen atoms in total. The quantitative estimate of drug-likeness (QED) is 0.297. The number of methoxy groups -OCH3 is 1. The molecule has 1 heterocycles. The lowest BCUT2D eigenvalue weighted by Gasteiger charge is -2.30. The van der Waals surface area contributed by atoms with Crippen molar-refractivity contribution in [1.82, 2.24) is 10.2 Å². The van der Waals surface area contributed by atoms with Crippen molar-refractivity contribution in [2.45, 2.75) is 39.2 Å². The van der Waals surface area contributed by atoms with E-state index in [0.29, 0.717) is 17.0 Å². The van der Waals surface area contributed by atoms with Crippen LogP contribution in [0.4, 0.5) is 0 Å². The van der Waals surface area contributed by atoms with Crippen LogP contribution in [0.1, 0.15) is 54.1 Å². The van der Waals surface area contributed by atoms with E-state index in [-0.39, 0.29) is 11.8 Å². The van der Waals surface area contributed by atoms with Crippen molar-refractivity contribution in [2.75, 3.05) is 33.3 Å². The summed E-state index contributed by atoms with van der Waals surface area (Å²) in [4.78, 5) is 14.9. The summed E-state index contributed by atoms with van der Waals surface area (Å²) in [5, 5.41) is 11.2. The zero-order valence-corrected chi connectivity index (χ0v) is 19.3. The number of piperidine rings is 1. The summed E-state index contributed by atoms with van der Waals surface area (Å²) in [6.45, 7) is 7.35. The number of unbranched alkanes of at least 4 members (excludes halogenated alkanes) is 1. The monoisotopic (exact) mass is 436 g/mol. The van der Waals surface area contributed by atoms with Gasteiger partial charge in [0.15, 0.2) is 0 Å². The van der Waals surface area contributed by atoms with E-state index in [0.717, 1.165) is 62.3 Å². The van der Waals surface area contributed by atoms with Gasteiger partial charge in [-0.25, -0.2) is 4.79 Å². The third-order valence-corrected chi connectivity index (χ3v) is 6.13. The van der Waals surface area contributed by atoms with Crippen LogP contribution in [0.25, 0.3) is 11.1 Å². The summed E-state index contributed by atoms with van der Waals surface area (Å²) in [6.07, 6.45) is 4.75. The summed E-state index contributed by atoms with van der Waals surface area (Å²) in [5.41, 5.74) is 9.87. The van der Waals surface area contributed by atoms with Gasteiger partial charge in [-0.05, 0) is 85.8 Å². The minimum absolute atomic E-state index is 0.0314. The fraction of sp³-hybridized carbons (Fsp3) is 0.462. The van der Waals surface area contributed by atoms with E-state index in [1.165, 1.54) is 20.0 Å². The second kappa shape index (κ2) is 11.8. The van der Waals surface area contributed by atoms with Crippen LogP contribution >= 0.6 is 0 Å². The number of nitrogens with two attached hydrogens (primary N) is 1. The Morgan fingerprint density at radius 1 is 1.16 bits per heavy atom. The highest BCUT2D eigenvalue weighted by molar-refractivity contribution is 5.96. The highest BCUT2D eigenvalue weighted by Crippen LogP contribution is 2.25. The highest BCUT2D eigenvalue weighted by atomic mass is 16.5. The van der Waals surface area contributed by atoms with E-state index in [1.54, 1.807) is 0 Å². The number of carbonyl (C=O) groups is 1. The first-order chi connectivity index (χ1) is 15.5. The number of carbonyl (C=O) groups excluding carboxylic acids is 1. The lowest BCUT2D eigenvalue weighted by molar-refractivity contribution is 0.0600. The number of hydrogen-bond donors (Lipinski definition) is 3. The van der Waals surface area contributed by atoms with Crippen molar-refractivity contribution in [3.8, 4) is 11.1 Å². The molecule has 0 bridgehead atoms.